The van der Waals surface area contributed by atoms with Crippen LogP contribution in [0, 0.1) is 6.92 Å². The van der Waals surface area contributed by atoms with Gasteiger partial charge in [0.2, 0.25) is 0 Å². The summed E-state index contributed by atoms with van der Waals surface area (Å²) >= 11 is 7.37. The highest BCUT2D eigenvalue weighted by Crippen LogP contribution is 2.38. The van der Waals surface area contributed by atoms with E-state index in [4.69, 9.17) is 17.0 Å². The minimum absolute atomic E-state index is 0.267. The van der Waals surface area contributed by atoms with Crippen molar-refractivity contribution in [1.29, 1.82) is 0 Å². The number of piperazine rings is 1. The number of ether oxygens (including phenoxy) is 1. The second-order valence-electron chi connectivity index (χ2n) is 7.98. The van der Waals surface area contributed by atoms with Crippen LogP contribution in [0.1, 0.15) is 44.9 Å². The molecular weight excluding hydrogens is 418 g/mol. The highest BCUT2D eigenvalue weighted by Gasteiger charge is 2.28. The Kier molecular flexibility index (Phi) is 6.40. The molecule has 1 fully saturated rings. The van der Waals surface area contributed by atoms with Gasteiger partial charge in [0.25, 0.3) is 0 Å². The van der Waals surface area contributed by atoms with Gasteiger partial charge in [0, 0.05) is 55.9 Å². The van der Waals surface area contributed by atoms with Crippen molar-refractivity contribution >= 4 is 39.6 Å². The third kappa shape index (κ3) is 4.24. The number of hydrogen-bond donors (Lipinski definition) is 1. The molecule has 0 atom stereocenters. The third-order valence-electron chi connectivity index (χ3n) is 6.17. The van der Waals surface area contributed by atoms with E-state index in [1.165, 1.54) is 29.7 Å². The first-order valence-corrected chi connectivity index (χ1v) is 11.7. The number of hydrogen-bond acceptors (Lipinski definition) is 6. The minimum Gasteiger partial charge on any atom is -0.465 e. The molecule has 1 N–H and O–H groups in total. The zero-order valence-electron chi connectivity index (χ0n) is 17.9. The van der Waals surface area contributed by atoms with E-state index in [1.807, 2.05) is 17.9 Å². The smallest absolute Gasteiger partial charge is 0.341 e. The predicted octanol–water partition coefficient (Wildman–Crippen LogP) is 2.97. The number of esters is 1. The molecule has 7 nitrogen and oxygen atoms in total. The van der Waals surface area contributed by atoms with Crippen LogP contribution in [0.5, 0.6) is 0 Å². The van der Waals surface area contributed by atoms with Crippen molar-refractivity contribution in [3.05, 3.63) is 33.5 Å². The van der Waals surface area contributed by atoms with Crippen LogP contribution in [0.25, 0.3) is 0 Å². The molecule has 162 valence electrons. The fourth-order valence-corrected chi connectivity index (χ4v) is 5.82. The van der Waals surface area contributed by atoms with E-state index in [0.29, 0.717) is 10.7 Å². The summed E-state index contributed by atoms with van der Waals surface area (Å²) in [4.78, 5) is 18.4. The Morgan fingerprint density at radius 1 is 1.27 bits per heavy atom. The van der Waals surface area contributed by atoms with Crippen molar-refractivity contribution in [2.75, 3.05) is 38.6 Å². The zero-order valence-corrected chi connectivity index (χ0v) is 19.5. The van der Waals surface area contributed by atoms with Crippen LogP contribution < -0.4 is 5.32 Å². The molecule has 30 heavy (non-hydrogen) atoms. The van der Waals surface area contributed by atoms with Gasteiger partial charge in [-0.2, -0.15) is 5.10 Å². The van der Waals surface area contributed by atoms with Gasteiger partial charge in [-0.15, -0.1) is 11.3 Å². The number of nitrogens with one attached hydrogen (secondary N) is 1. The standard InChI is InChI=1S/C21H29N5O2S2/c1-14-15(12-22-24(14)2)13-25-8-10-26(11-9-25)21(29)23-19-18(20(27)28-3)16-6-4-5-7-17(16)30-19/h12H,4-11,13H2,1-3H3,(H,23,29). The Hall–Kier alpha value is -1.97. The number of thiocarbonyl (C=S) groups is 1. The van der Waals surface area contributed by atoms with E-state index in [9.17, 15) is 4.79 Å². The fraction of sp³-hybridized carbons (Fsp3) is 0.571. The molecule has 0 unspecified atom stereocenters. The van der Waals surface area contributed by atoms with Gasteiger partial charge in [-0.1, -0.05) is 0 Å². The van der Waals surface area contributed by atoms with Gasteiger partial charge < -0.3 is 15.0 Å². The summed E-state index contributed by atoms with van der Waals surface area (Å²) in [6.07, 6.45) is 6.23. The van der Waals surface area contributed by atoms with Crippen LogP contribution in [0.2, 0.25) is 0 Å². The lowest BCUT2D eigenvalue weighted by Gasteiger charge is -2.36. The van der Waals surface area contributed by atoms with Crippen LogP contribution >= 0.6 is 23.6 Å². The SMILES string of the molecule is COC(=O)c1c(NC(=S)N2CCN(Cc3cnn(C)c3C)CC2)sc2c1CCCC2. The van der Waals surface area contributed by atoms with Crippen molar-refractivity contribution in [3.63, 3.8) is 0 Å². The molecule has 0 spiro atoms. The Balaban J connectivity index is 1.39. The summed E-state index contributed by atoms with van der Waals surface area (Å²) < 4.78 is 6.99. The molecule has 0 saturated carbocycles. The number of methoxy groups -OCH3 is 1. The molecule has 1 saturated heterocycles. The number of carbonyl (C=O) groups is 1. The van der Waals surface area contributed by atoms with E-state index in [1.54, 1.807) is 11.3 Å². The summed E-state index contributed by atoms with van der Waals surface area (Å²) in [6, 6.07) is 0. The third-order valence-corrected chi connectivity index (χ3v) is 7.74. The molecule has 1 aliphatic heterocycles. The van der Waals surface area contributed by atoms with Crippen LogP contribution in [0.15, 0.2) is 6.20 Å². The minimum atomic E-state index is -0.267. The summed E-state index contributed by atoms with van der Waals surface area (Å²) in [5, 5.41) is 9.24. The number of fused-ring (bicyclic) bond motifs is 1. The number of aromatic nitrogens is 2. The fourth-order valence-electron chi connectivity index (χ4n) is 4.20. The second-order valence-corrected chi connectivity index (χ2v) is 9.47. The second kappa shape index (κ2) is 9.03. The number of thiophene rings is 1. The summed E-state index contributed by atoms with van der Waals surface area (Å²) in [6.45, 7) is 6.64. The van der Waals surface area contributed by atoms with Gasteiger partial charge >= 0.3 is 5.97 Å². The first kappa shape index (κ1) is 21.3. The summed E-state index contributed by atoms with van der Waals surface area (Å²) in [5.41, 5.74) is 4.33. The molecule has 1 aliphatic carbocycles. The summed E-state index contributed by atoms with van der Waals surface area (Å²) in [7, 11) is 3.42. The van der Waals surface area contributed by atoms with Crippen LogP contribution in [0.3, 0.4) is 0 Å². The van der Waals surface area contributed by atoms with Gasteiger partial charge in [-0.25, -0.2) is 4.79 Å². The van der Waals surface area contributed by atoms with Gasteiger partial charge in [0.05, 0.1) is 18.9 Å². The van der Waals surface area contributed by atoms with Gasteiger partial charge in [0.15, 0.2) is 5.11 Å². The van der Waals surface area contributed by atoms with Gasteiger partial charge in [0.1, 0.15) is 5.00 Å². The number of rotatable bonds is 4. The number of aryl methyl sites for hydroxylation is 2. The zero-order chi connectivity index (χ0) is 21.3. The summed E-state index contributed by atoms with van der Waals surface area (Å²) in [5.74, 6) is -0.267. The Bertz CT molecular complexity index is 944. The topological polar surface area (TPSA) is 62.6 Å². The number of nitrogens with zero attached hydrogens (tertiary/aromatic N) is 4. The van der Waals surface area contributed by atoms with E-state index < -0.39 is 0 Å². The van der Waals surface area contributed by atoms with Crippen molar-refractivity contribution in [1.82, 2.24) is 19.6 Å². The van der Waals surface area contributed by atoms with Crippen molar-refractivity contribution in [2.24, 2.45) is 7.05 Å². The monoisotopic (exact) mass is 447 g/mol. The maximum Gasteiger partial charge on any atom is 0.341 e. The highest BCUT2D eigenvalue weighted by atomic mass is 32.1. The van der Waals surface area contributed by atoms with Crippen molar-refractivity contribution < 1.29 is 9.53 Å². The quantitative estimate of drug-likeness (QED) is 0.571. The molecule has 2 aromatic rings. The molecular formula is C21H29N5O2S2. The Morgan fingerprint density at radius 3 is 2.67 bits per heavy atom. The molecule has 0 radical (unpaired) electrons. The molecule has 4 rings (SSSR count). The van der Waals surface area contributed by atoms with E-state index in [0.717, 1.165) is 62.6 Å². The van der Waals surface area contributed by atoms with Crippen LogP contribution in [-0.4, -0.2) is 64.0 Å². The average Bonchev–Trinajstić information content (AvgIpc) is 3.28. The lowest BCUT2D eigenvalue weighted by Crippen LogP contribution is -2.49. The number of anilines is 1. The molecule has 2 aliphatic rings. The van der Waals surface area contributed by atoms with Gasteiger partial charge in [-0.05, 0) is 50.4 Å². The number of carbonyl (C=O) groups excluding carboxylic acids is 1. The lowest BCUT2D eigenvalue weighted by molar-refractivity contribution is 0.0601. The molecule has 9 heteroatoms. The van der Waals surface area contributed by atoms with E-state index >= 15 is 0 Å². The van der Waals surface area contributed by atoms with Crippen molar-refractivity contribution in [3.8, 4) is 0 Å². The molecule has 0 amide bonds. The van der Waals surface area contributed by atoms with Crippen molar-refractivity contribution in [2.45, 2.75) is 39.2 Å². The maximum absolute atomic E-state index is 12.4. The van der Waals surface area contributed by atoms with Crippen LogP contribution in [-0.2, 0) is 31.2 Å². The average molecular weight is 448 g/mol. The Morgan fingerprint density at radius 2 is 2.00 bits per heavy atom. The first-order valence-electron chi connectivity index (χ1n) is 10.5. The lowest BCUT2D eigenvalue weighted by atomic mass is 9.95. The van der Waals surface area contributed by atoms with Crippen LogP contribution in [0.4, 0.5) is 5.00 Å². The van der Waals surface area contributed by atoms with E-state index in [2.05, 4.69) is 27.1 Å². The Labute approximate surface area is 187 Å². The highest BCUT2D eigenvalue weighted by molar-refractivity contribution is 7.80. The maximum atomic E-state index is 12.4. The molecule has 0 aromatic carbocycles. The largest absolute Gasteiger partial charge is 0.465 e. The first-order chi connectivity index (χ1) is 14.5. The van der Waals surface area contributed by atoms with Gasteiger partial charge in [-0.3, -0.25) is 9.58 Å². The molecule has 3 heterocycles. The predicted molar refractivity (Wildman–Crippen MR) is 123 cm³/mol. The van der Waals surface area contributed by atoms with E-state index in [-0.39, 0.29) is 5.97 Å². The molecule has 2 aromatic heterocycles. The normalized spacial score (nSPS) is 17.0. The molecule has 0 bridgehead atoms.